The van der Waals surface area contributed by atoms with E-state index in [1.807, 2.05) is 24.5 Å². The minimum absolute atomic E-state index is 0.294. The summed E-state index contributed by atoms with van der Waals surface area (Å²) >= 11 is 0. The highest BCUT2D eigenvalue weighted by Crippen LogP contribution is 2.29. The molecular formula is C18H22N2O. The summed E-state index contributed by atoms with van der Waals surface area (Å²) in [6.45, 7) is 0. The Balaban J connectivity index is 1.83. The zero-order valence-electron chi connectivity index (χ0n) is 12.5. The largest absolute Gasteiger partial charge is 0.508 e. The molecule has 0 amide bonds. The lowest BCUT2D eigenvalue weighted by Crippen LogP contribution is -2.33. The normalized spacial score (nSPS) is 15.9. The third-order valence-electron chi connectivity index (χ3n) is 4.45. The van der Waals surface area contributed by atoms with Crippen molar-refractivity contribution in [1.29, 1.82) is 0 Å². The van der Waals surface area contributed by atoms with E-state index in [0.29, 0.717) is 11.8 Å². The van der Waals surface area contributed by atoms with Gasteiger partial charge in [0.15, 0.2) is 0 Å². The summed E-state index contributed by atoms with van der Waals surface area (Å²) in [7, 11) is 2.17. The highest BCUT2D eigenvalue weighted by atomic mass is 16.3. The number of rotatable bonds is 3. The maximum atomic E-state index is 9.39. The first-order valence-corrected chi connectivity index (χ1v) is 7.71. The van der Waals surface area contributed by atoms with Crippen molar-refractivity contribution in [2.75, 3.05) is 11.9 Å². The first kappa shape index (κ1) is 13.9. The number of aromatic nitrogens is 1. The molecule has 1 N–H and O–H groups in total. The van der Waals surface area contributed by atoms with Gasteiger partial charge in [-0.15, -0.1) is 0 Å². The van der Waals surface area contributed by atoms with Gasteiger partial charge in [-0.3, -0.25) is 4.98 Å². The van der Waals surface area contributed by atoms with E-state index in [1.54, 1.807) is 12.1 Å². The van der Waals surface area contributed by atoms with Gasteiger partial charge in [0.05, 0.1) is 11.9 Å². The third-order valence-corrected chi connectivity index (χ3v) is 4.45. The van der Waals surface area contributed by atoms with Gasteiger partial charge in [-0.05, 0) is 36.6 Å². The average Bonchev–Trinajstić information content (AvgIpc) is 2.56. The smallest absolute Gasteiger partial charge is 0.115 e. The van der Waals surface area contributed by atoms with Gasteiger partial charge in [0.2, 0.25) is 0 Å². The van der Waals surface area contributed by atoms with Gasteiger partial charge in [-0.2, -0.15) is 0 Å². The maximum absolute atomic E-state index is 9.39. The Morgan fingerprint density at radius 2 is 1.71 bits per heavy atom. The van der Waals surface area contributed by atoms with Gasteiger partial charge >= 0.3 is 0 Å². The summed E-state index contributed by atoms with van der Waals surface area (Å²) in [6.07, 6.45) is 10.4. The van der Waals surface area contributed by atoms with E-state index in [-0.39, 0.29) is 0 Å². The van der Waals surface area contributed by atoms with Crippen molar-refractivity contribution in [3.8, 4) is 16.9 Å². The zero-order chi connectivity index (χ0) is 14.7. The fourth-order valence-corrected chi connectivity index (χ4v) is 3.11. The van der Waals surface area contributed by atoms with E-state index in [4.69, 9.17) is 0 Å². The highest BCUT2D eigenvalue weighted by Gasteiger charge is 2.18. The molecule has 0 unspecified atom stereocenters. The Bertz CT molecular complexity index is 588. The monoisotopic (exact) mass is 282 g/mol. The molecule has 2 aromatic rings. The number of phenols is 1. The second-order valence-corrected chi connectivity index (χ2v) is 5.88. The van der Waals surface area contributed by atoms with E-state index in [0.717, 1.165) is 11.1 Å². The first-order chi connectivity index (χ1) is 10.2. The van der Waals surface area contributed by atoms with Gasteiger partial charge in [0.25, 0.3) is 0 Å². The van der Waals surface area contributed by atoms with Crippen LogP contribution in [0, 0.1) is 0 Å². The maximum Gasteiger partial charge on any atom is 0.115 e. The molecule has 0 atom stereocenters. The number of phenolic OH excluding ortho intramolecular Hbond substituents is 1. The quantitative estimate of drug-likeness (QED) is 0.915. The van der Waals surface area contributed by atoms with Crippen LogP contribution in [0.2, 0.25) is 0 Å². The lowest BCUT2D eigenvalue weighted by atomic mass is 9.94. The number of hydrogen-bond acceptors (Lipinski definition) is 3. The van der Waals surface area contributed by atoms with Crippen LogP contribution in [-0.4, -0.2) is 23.2 Å². The standard InChI is InChI=1S/C18H22N2O/c1-20(16-5-3-2-4-6-16)17-11-15(12-19-13-17)14-7-9-18(21)10-8-14/h7-13,16,21H,2-6H2,1H3. The molecule has 1 aliphatic carbocycles. The zero-order valence-corrected chi connectivity index (χ0v) is 12.5. The third kappa shape index (κ3) is 3.18. The molecule has 3 heteroatoms. The molecule has 0 aliphatic heterocycles. The number of pyridine rings is 1. The van der Waals surface area contributed by atoms with E-state index in [9.17, 15) is 5.11 Å². The molecule has 3 nitrogen and oxygen atoms in total. The Morgan fingerprint density at radius 1 is 1.00 bits per heavy atom. The van der Waals surface area contributed by atoms with Crippen LogP contribution < -0.4 is 4.90 Å². The van der Waals surface area contributed by atoms with Crippen LogP contribution in [0.3, 0.4) is 0 Å². The van der Waals surface area contributed by atoms with Crippen LogP contribution in [0.1, 0.15) is 32.1 Å². The van der Waals surface area contributed by atoms with Gasteiger partial charge in [0.1, 0.15) is 5.75 Å². The number of benzene rings is 1. The summed E-state index contributed by atoms with van der Waals surface area (Å²) in [4.78, 5) is 6.77. The second kappa shape index (κ2) is 6.17. The average molecular weight is 282 g/mol. The molecule has 21 heavy (non-hydrogen) atoms. The van der Waals surface area contributed by atoms with Crippen LogP contribution in [0.5, 0.6) is 5.75 Å². The number of aromatic hydroxyl groups is 1. The summed E-state index contributed by atoms with van der Waals surface area (Å²) in [5.74, 6) is 0.294. The van der Waals surface area contributed by atoms with Crippen molar-refractivity contribution in [3.63, 3.8) is 0 Å². The van der Waals surface area contributed by atoms with E-state index in [1.165, 1.54) is 37.8 Å². The molecule has 0 spiro atoms. The predicted molar refractivity (Wildman–Crippen MR) is 86.6 cm³/mol. The van der Waals surface area contributed by atoms with Crippen molar-refractivity contribution < 1.29 is 5.11 Å². The van der Waals surface area contributed by atoms with Crippen molar-refractivity contribution in [2.24, 2.45) is 0 Å². The summed E-state index contributed by atoms with van der Waals surface area (Å²) in [5, 5.41) is 9.39. The highest BCUT2D eigenvalue weighted by molar-refractivity contribution is 5.67. The molecule has 1 aromatic carbocycles. The van der Waals surface area contributed by atoms with Gasteiger partial charge in [0, 0.05) is 24.8 Å². The van der Waals surface area contributed by atoms with E-state index < -0.39 is 0 Å². The fraction of sp³-hybridized carbons (Fsp3) is 0.389. The molecule has 1 aromatic heterocycles. The molecule has 0 radical (unpaired) electrons. The molecule has 1 heterocycles. The van der Waals surface area contributed by atoms with Crippen LogP contribution in [0.4, 0.5) is 5.69 Å². The second-order valence-electron chi connectivity index (χ2n) is 5.88. The molecule has 1 fully saturated rings. The van der Waals surface area contributed by atoms with E-state index >= 15 is 0 Å². The molecule has 0 bridgehead atoms. The van der Waals surface area contributed by atoms with Crippen molar-refractivity contribution >= 4 is 5.69 Å². The van der Waals surface area contributed by atoms with Crippen molar-refractivity contribution in [3.05, 3.63) is 42.7 Å². The minimum atomic E-state index is 0.294. The number of anilines is 1. The molecule has 3 rings (SSSR count). The van der Waals surface area contributed by atoms with Gasteiger partial charge < -0.3 is 10.0 Å². The van der Waals surface area contributed by atoms with Crippen LogP contribution in [0.15, 0.2) is 42.7 Å². The molecule has 0 saturated heterocycles. The Hall–Kier alpha value is -2.03. The summed E-state index contributed by atoms with van der Waals surface area (Å²) in [5.41, 5.74) is 3.35. The number of hydrogen-bond donors (Lipinski definition) is 1. The van der Waals surface area contributed by atoms with Crippen molar-refractivity contribution in [2.45, 2.75) is 38.1 Å². The molecular weight excluding hydrogens is 260 g/mol. The topological polar surface area (TPSA) is 36.4 Å². The Labute approximate surface area is 126 Å². The summed E-state index contributed by atoms with van der Waals surface area (Å²) in [6, 6.07) is 10.1. The fourth-order valence-electron chi connectivity index (χ4n) is 3.11. The summed E-state index contributed by atoms with van der Waals surface area (Å²) < 4.78 is 0. The van der Waals surface area contributed by atoms with Crippen LogP contribution >= 0.6 is 0 Å². The Kier molecular flexibility index (Phi) is 4.09. The minimum Gasteiger partial charge on any atom is -0.508 e. The molecule has 110 valence electrons. The van der Waals surface area contributed by atoms with Crippen LogP contribution in [-0.2, 0) is 0 Å². The van der Waals surface area contributed by atoms with Gasteiger partial charge in [-0.1, -0.05) is 31.4 Å². The molecule has 1 saturated carbocycles. The lowest BCUT2D eigenvalue weighted by Gasteiger charge is -2.32. The van der Waals surface area contributed by atoms with Crippen LogP contribution in [0.25, 0.3) is 11.1 Å². The number of nitrogens with zero attached hydrogens (tertiary/aromatic N) is 2. The van der Waals surface area contributed by atoms with Gasteiger partial charge in [-0.25, -0.2) is 0 Å². The predicted octanol–water partition coefficient (Wildman–Crippen LogP) is 4.22. The SMILES string of the molecule is CN(c1cncc(-c2ccc(O)cc2)c1)C1CCCCC1. The van der Waals surface area contributed by atoms with Crippen molar-refractivity contribution in [1.82, 2.24) is 4.98 Å². The lowest BCUT2D eigenvalue weighted by molar-refractivity contribution is 0.427. The van der Waals surface area contributed by atoms with E-state index in [2.05, 4.69) is 23.0 Å². The molecule has 1 aliphatic rings. The first-order valence-electron chi connectivity index (χ1n) is 7.71. The Morgan fingerprint density at radius 3 is 2.43 bits per heavy atom.